The van der Waals surface area contributed by atoms with Crippen molar-refractivity contribution in [2.75, 3.05) is 11.9 Å². The molecule has 0 aliphatic rings. The van der Waals surface area contributed by atoms with Crippen LogP contribution in [0.2, 0.25) is 5.02 Å². The number of nitrogens with zero attached hydrogens (tertiary/aromatic N) is 1. The van der Waals surface area contributed by atoms with Gasteiger partial charge in [-0.05, 0) is 43.7 Å². The van der Waals surface area contributed by atoms with Crippen molar-refractivity contribution in [3.63, 3.8) is 0 Å². The van der Waals surface area contributed by atoms with Gasteiger partial charge in [-0.1, -0.05) is 23.7 Å². The average molecular weight is 388 g/mol. The molecule has 2 amide bonds. The molecule has 1 heterocycles. The third-order valence-corrected chi connectivity index (χ3v) is 4.01. The zero-order valence-corrected chi connectivity index (χ0v) is 15.8. The molecule has 0 saturated carbocycles. The Morgan fingerprint density at radius 2 is 2.15 bits per heavy atom. The Hall–Kier alpha value is -2.70. The monoisotopic (exact) mass is 387 g/mol. The number of rotatable bonds is 9. The summed E-state index contributed by atoms with van der Waals surface area (Å²) in [4.78, 5) is 28.5. The molecular formula is C20H22ClN3O3. The molecule has 0 aliphatic carbocycles. The average Bonchev–Trinajstić information content (AvgIpc) is 2.67. The highest BCUT2D eigenvalue weighted by Crippen LogP contribution is 2.21. The summed E-state index contributed by atoms with van der Waals surface area (Å²) in [5.74, 6) is -0.605. The van der Waals surface area contributed by atoms with Crippen LogP contribution in [0.15, 0.2) is 55.3 Å². The third kappa shape index (κ3) is 6.51. The number of anilines is 1. The molecule has 6 nitrogen and oxygen atoms in total. The Morgan fingerprint density at radius 1 is 1.33 bits per heavy atom. The highest BCUT2D eigenvalue weighted by molar-refractivity contribution is 6.34. The number of hydrogen-bond acceptors (Lipinski definition) is 4. The van der Waals surface area contributed by atoms with Crippen molar-refractivity contribution in [2.45, 2.75) is 26.0 Å². The van der Waals surface area contributed by atoms with Gasteiger partial charge >= 0.3 is 0 Å². The maximum atomic E-state index is 12.3. The summed E-state index contributed by atoms with van der Waals surface area (Å²) in [7, 11) is 0. The van der Waals surface area contributed by atoms with E-state index in [1.165, 1.54) is 6.07 Å². The highest BCUT2D eigenvalue weighted by Gasteiger charge is 2.15. The van der Waals surface area contributed by atoms with Crippen LogP contribution in [0.25, 0.3) is 0 Å². The van der Waals surface area contributed by atoms with Crippen molar-refractivity contribution < 1.29 is 14.3 Å². The second kappa shape index (κ2) is 10.4. The predicted octanol–water partition coefficient (Wildman–Crippen LogP) is 3.58. The van der Waals surface area contributed by atoms with Crippen LogP contribution in [-0.2, 0) is 16.1 Å². The Balaban J connectivity index is 1.93. The molecular weight excluding hydrogens is 366 g/mol. The first-order valence-corrected chi connectivity index (χ1v) is 8.90. The standard InChI is InChI=1S/C20H22ClN3O3/c1-3-4-11-27-14(2)19(25)24-15-8-9-17(18(21)12-15)20(26)23-13-16-7-5-6-10-22-16/h3,5-10,12,14H,1,4,11,13H2,2H3,(H,23,26)(H,24,25). The van der Waals surface area contributed by atoms with E-state index in [9.17, 15) is 9.59 Å². The number of ether oxygens (including phenoxy) is 1. The summed E-state index contributed by atoms with van der Waals surface area (Å²) in [6, 6.07) is 10.2. The molecule has 1 aromatic heterocycles. The fourth-order valence-electron chi connectivity index (χ4n) is 2.19. The number of aromatic nitrogens is 1. The molecule has 7 heteroatoms. The molecule has 2 aromatic rings. The van der Waals surface area contributed by atoms with E-state index in [0.29, 0.717) is 30.8 Å². The lowest BCUT2D eigenvalue weighted by atomic mass is 10.2. The van der Waals surface area contributed by atoms with Gasteiger partial charge in [-0.2, -0.15) is 0 Å². The minimum atomic E-state index is -0.606. The first kappa shape index (κ1) is 20.6. The lowest BCUT2D eigenvalue weighted by molar-refractivity contribution is -0.126. The summed E-state index contributed by atoms with van der Waals surface area (Å²) in [6.45, 7) is 5.99. The van der Waals surface area contributed by atoms with Crippen LogP contribution in [0.3, 0.4) is 0 Å². The second-order valence-electron chi connectivity index (χ2n) is 5.78. The van der Waals surface area contributed by atoms with Gasteiger partial charge in [0.1, 0.15) is 6.10 Å². The summed E-state index contributed by atoms with van der Waals surface area (Å²) in [5.41, 5.74) is 1.56. The van der Waals surface area contributed by atoms with Gasteiger partial charge < -0.3 is 15.4 Å². The van der Waals surface area contributed by atoms with Crippen LogP contribution >= 0.6 is 11.6 Å². The molecule has 0 bridgehead atoms. The zero-order chi connectivity index (χ0) is 19.6. The molecule has 1 unspecified atom stereocenters. The highest BCUT2D eigenvalue weighted by atomic mass is 35.5. The van der Waals surface area contributed by atoms with Gasteiger partial charge in [0, 0.05) is 11.9 Å². The van der Waals surface area contributed by atoms with Gasteiger partial charge in [0.15, 0.2) is 0 Å². The number of carbonyl (C=O) groups excluding carboxylic acids is 2. The molecule has 27 heavy (non-hydrogen) atoms. The van der Waals surface area contributed by atoms with Crippen LogP contribution in [0, 0.1) is 0 Å². The predicted molar refractivity (Wildman–Crippen MR) is 106 cm³/mol. The van der Waals surface area contributed by atoms with Gasteiger partial charge in [-0.25, -0.2) is 0 Å². The number of amides is 2. The molecule has 1 aromatic carbocycles. The first-order chi connectivity index (χ1) is 13.0. The van der Waals surface area contributed by atoms with E-state index in [0.717, 1.165) is 5.69 Å². The van der Waals surface area contributed by atoms with E-state index in [4.69, 9.17) is 16.3 Å². The molecule has 2 rings (SSSR count). The molecule has 1 atom stereocenters. The largest absolute Gasteiger partial charge is 0.368 e. The number of benzene rings is 1. The lowest BCUT2D eigenvalue weighted by Crippen LogP contribution is -2.28. The fourth-order valence-corrected chi connectivity index (χ4v) is 2.46. The number of carbonyl (C=O) groups is 2. The van der Waals surface area contributed by atoms with Crippen molar-refractivity contribution >= 4 is 29.1 Å². The molecule has 0 fully saturated rings. The summed E-state index contributed by atoms with van der Waals surface area (Å²) in [6.07, 6.45) is 3.45. The molecule has 0 spiro atoms. The second-order valence-corrected chi connectivity index (χ2v) is 6.19. The van der Waals surface area contributed by atoms with Gasteiger partial charge in [-0.15, -0.1) is 6.58 Å². The normalized spacial score (nSPS) is 11.5. The van der Waals surface area contributed by atoms with E-state index in [1.807, 2.05) is 12.1 Å². The van der Waals surface area contributed by atoms with E-state index in [-0.39, 0.29) is 16.8 Å². The lowest BCUT2D eigenvalue weighted by Gasteiger charge is -2.14. The van der Waals surface area contributed by atoms with Crippen molar-refractivity contribution in [3.05, 3.63) is 71.5 Å². The Morgan fingerprint density at radius 3 is 2.81 bits per heavy atom. The SMILES string of the molecule is C=CCCOC(C)C(=O)Nc1ccc(C(=O)NCc2ccccn2)c(Cl)c1. The van der Waals surface area contributed by atoms with E-state index < -0.39 is 6.10 Å². The molecule has 0 aliphatic heterocycles. The number of pyridine rings is 1. The van der Waals surface area contributed by atoms with Crippen LogP contribution in [0.5, 0.6) is 0 Å². The fraction of sp³-hybridized carbons (Fsp3) is 0.250. The Labute approximate surface area is 163 Å². The maximum absolute atomic E-state index is 12.3. The van der Waals surface area contributed by atoms with E-state index in [1.54, 1.807) is 37.4 Å². The van der Waals surface area contributed by atoms with Crippen molar-refractivity contribution in [2.24, 2.45) is 0 Å². The van der Waals surface area contributed by atoms with E-state index >= 15 is 0 Å². The van der Waals surface area contributed by atoms with Crippen LogP contribution in [0.1, 0.15) is 29.4 Å². The number of hydrogen-bond donors (Lipinski definition) is 2. The topological polar surface area (TPSA) is 80.3 Å². The van der Waals surface area contributed by atoms with Crippen LogP contribution < -0.4 is 10.6 Å². The number of nitrogens with one attached hydrogen (secondary N) is 2. The molecule has 142 valence electrons. The summed E-state index contributed by atoms with van der Waals surface area (Å²) >= 11 is 6.20. The number of halogens is 1. The third-order valence-electron chi connectivity index (χ3n) is 3.70. The quantitative estimate of drug-likeness (QED) is 0.509. The Kier molecular flexibility index (Phi) is 7.98. The molecule has 0 saturated heterocycles. The van der Waals surface area contributed by atoms with Gasteiger partial charge in [0.25, 0.3) is 11.8 Å². The summed E-state index contributed by atoms with van der Waals surface area (Å²) < 4.78 is 5.40. The smallest absolute Gasteiger partial charge is 0.253 e. The minimum Gasteiger partial charge on any atom is -0.368 e. The zero-order valence-electron chi connectivity index (χ0n) is 15.1. The van der Waals surface area contributed by atoms with Crippen molar-refractivity contribution in [1.82, 2.24) is 10.3 Å². The molecule has 0 radical (unpaired) electrons. The van der Waals surface area contributed by atoms with Crippen molar-refractivity contribution in [3.8, 4) is 0 Å². The van der Waals surface area contributed by atoms with Crippen LogP contribution in [-0.4, -0.2) is 29.5 Å². The van der Waals surface area contributed by atoms with Gasteiger partial charge in [0.2, 0.25) is 0 Å². The first-order valence-electron chi connectivity index (χ1n) is 8.52. The van der Waals surface area contributed by atoms with Crippen molar-refractivity contribution in [1.29, 1.82) is 0 Å². The Bertz CT molecular complexity index is 796. The molecule has 2 N–H and O–H groups in total. The van der Waals surface area contributed by atoms with Gasteiger partial charge in [-0.3, -0.25) is 14.6 Å². The van der Waals surface area contributed by atoms with E-state index in [2.05, 4.69) is 22.2 Å². The minimum absolute atomic E-state index is 0.242. The van der Waals surface area contributed by atoms with Gasteiger partial charge in [0.05, 0.1) is 29.4 Å². The van der Waals surface area contributed by atoms with Crippen LogP contribution in [0.4, 0.5) is 5.69 Å². The maximum Gasteiger partial charge on any atom is 0.253 e. The summed E-state index contributed by atoms with van der Waals surface area (Å²) in [5, 5.41) is 5.72.